The van der Waals surface area contributed by atoms with Gasteiger partial charge in [-0.3, -0.25) is 0 Å². The zero-order valence-electron chi connectivity index (χ0n) is 27.1. The Balaban J connectivity index is 1.70. The molecule has 1 saturated heterocycles. The van der Waals surface area contributed by atoms with Crippen molar-refractivity contribution < 1.29 is 19.0 Å². The minimum atomic E-state index is -0.372. The second-order valence-electron chi connectivity index (χ2n) is 13.7. The molecule has 2 atom stereocenters. The van der Waals surface area contributed by atoms with E-state index < -0.39 is 0 Å². The highest BCUT2D eigenvalue weighted by Crippen LogP contribution is 2.43. The van der Waals surface area contributed by atoms with E-state index in [0.29, 0.717) is 23.3 Å². The zero-order valence-corrected chi connectivity index (χ0v) is 27.1. The third-order valence-corrected chi connectivity index (χ3v) is 8.22. The van der Waals surface area contributed by atoms with Gasteiger partial charge in [-0.25, -0.2) is 4.79 Å². The minimum absolute atomic E-state index is 0.254. The first-order valence-corrected chi connectivity index (χ1v) is 14.9. The normalized spacial score (nSPS) is 18.0. The van der Waals surface area contributed by atoms with Crippen LogP contribution in [-0.2, 0) is 10.8 Å². The molecule has 226 valence electrons. The molecule has 3 aromatic rings. The first-order valence-electron chi connectivity index (χ1n) is 14.9. The van der Waals surface area contributed by atoms with Crippen molar-refractivity contribution in [1.82, 2.24) is 4.90 Å². The highest BCUT2D eigenvalue weighted by molar-refractivity contribution is 5.92. The first kappa shape index (κ1) is 31.4. The monoisotopic (exact) mass is 572 g/mol. The Hall–Kier alpha value is -3.51. The molecule has 3 aromatic carbocycles. The van der Waals surface area contributed by atoms with Crippen molar-refractivity contribution in [3.8, 4) is 17.2 Å². The van der Waals surface area contributed by atoms with Crippen LogP contribution in [0.5, 0.6) is 17.2 Å². The summed E-state index contributed by atoms with van der Waals surface area (Å²) in [4.78, 5) is 18.4. The van der Waals surface area contributed by atoms with Crippen molar-refractivity contribution in [1.29, 1.82) is 0 Å². The highest BCUT2D eigenvalue weighted by atomic mass is 16.5. The third kappa shape index (κ3) is 6.92. The number of carbonyl (C=O) groups is 1. The van der Waals surface area contributed by atoms with Crippen molar-refractivity contribution in [2.24, 2.45) is 5.92 Å². The summed E-state index contributed by atoms with van der Waals surface area (Å²) >= 11 is 0. The largest absolute Gasteiger partial charge is 0.497 e. The summed E-state index contributed by atoms with van der Waals surface area (Å²) < 4.78 is 17.4. The lowest BCUT2D eigenvalue weighted by atomic mass is 9.79. The van der Waals surface area contributed by atoms with Gasteiger partial charge < -0.3 is 24.0 Å². The number of anilines is 2. The molecule has 0 saturated carbocycles. The van der Waals surface area contributed by atoms with Crippen LogP contribution in [0.4, 0.5) is 11.4 Å². The number of benzene rings is 3. The predicted molar refractivity (Wildman–Crippen MR) is 172 cm³/mol. The first-order chi connectivity index (χ1) is 19.7. The van der Waals surface area contributed by atoms with Crippen molar-refractivity contribution in [2.75, 3.05) is 39.3 Å². The fourth-order valence-electron chi connectivity index (χ4n) is 5.87. The highest BCUT2D eigenvalue weighted by Gasteiger charge is 2.32. The van der Waals surface area contributed by atoms with Gasteiger partial charge in [0.05, 0.1) is 19.8 Å². The zero-order chi connectivity index (χ0) is 30.8. The molecule has 1 fully saturated rings. The lowest BCUT2D eigenvalue weighted by Gasteiger charge is -2.43. The average Bonchev–Trinajstić information content (AvgIpc) is 2.93. The summed E-state index contributed by atoms with van der Waals surface area (Å²) in [5.74, 6) is 2.28. The molecule has 0 bridgehead atoms. The molecule has 0 aromatic heterocycles. The van der Waals surface area contributed by atoms with E-state index in [2.05, 4.69) is 77.4 Å². The van der Waals surface area contributed by atoms with Crippen LogP contribution < -0.4 is 19.1 Å². The summed E-state index contributed by atoms with van der Waals surface area (Å²) in [6, 6.07) is 20.3. The number of hydrogen-bond donors (Lipinski definition) is 0. The predicted octanol–water partition coefficient (Wildman–Crippen LogP) is 8.00. The van der Waals surface area contributed by atoms with Gasteiger partial charge in [0, 0.05) is 41.2 Å². The molecule has 0 N–H and O–H groups in total. The molecule has 1 aliphatic rings. The number of piperidine rings is 1. The Morgan fingerprint density at radius 2 is 1.43 bits per heavy atom. The molecular formula is C36H48N2O4. The van der Waals surface area contributed by atoms with Crippen molar-refractivity contribution >= 4 is 17.3 Å². The smallest absolute Gasteiger partial charge is 0.343 e. The molecule has 0 spiro atoms. The van der Waals surface area contributed by atoms with Gasteiger partial charge in [0.15, 0.2) is 0 Å². The second kappa shape index (κ2) is 12.4. The summed E-state index contributed by atoms with van der Waals surface area (Å²) in [6.45, 7) is 17.1. The van der Waals surface area contributed by atoms with E-state index in [-0.39, 0.29) is 16.8 Å². The Morgan fingerprint density at radius 1 is 0.833 bits per heavy atom. The number of ether oxygens (including phenoxy) is 3. The van der Waals surface area contributed by atoms with Gasteiger partial charge in [-0.1, -0.05) is 54.5 Å². The van der Waals surface area contributed by atoms with Crippen molar-refractivity contribution in [2.45, 2.75) is 71.8 Å². The number of carbonyl (C=O) groups excluding carboxylic acids is 1. The maximum atomic E-state index is 13.7. The molecule has 4 rings (SSSR count). The van der Waals surface area contributed by atoms with Crippen LogP contribution in [0.15, 0.2) is 60.7 Å². The van der Waals surface area contributed by atoms with E-state index in [1.807, 2.05) is 48.5 Å². The number of hydrogen-bond acceptors (Lipinski definition) is 6. The third-order valence-electron chi connectivity index (χ3n) is 8.22. The molecule has 0 amide bonds. The van der Waals surface area contributed by atoms with Gasteiger partial charge in [-0.05, 0) is 85.3 Å². The van der Waals surface area contributed by atoms with Crippen LogP contribution in [-0.4, -0.2) is 51.3 Å². The van der Waals surface area contributed by atoms with E-state index >= 15 is 0 Å². The van der Waals surface area contributed by atoms with Crippen LogP contribution in [0.25, 0.3) is 0 Å². The number of rotatable bonds is 7. The molecule has 1 aliphatic heterocycles. The van der Waals surface area contributed by atoms with E-state index in [4.69, 9.17) is 14.2 Å². The minimum Gasteiger partial charge on any atom is -0.497 e. The van der Waals surface area contributed by atoms with E-state index in [1.165, 1.54) is 0 Å². The molecule has 1 heterocycles. The molecular weight excluding hydrogens is 524 g/mol. The maximum absolute atomic E-state index is 13.7. The fraction of sp³-hybridized carbons (Fsp3) is 0.472. The van der Waals surface area contributed by atoms with Gasteiger partial charge in [-0.2, -0.15) is 0 Å². The van der Waals surface area contributed by atoms with Crippen molar-refractivity contribution in [3.05, 3.63) is 77.4 Å². The Kier molecular flexibility index (Phi) is 9.27. The summed E-state index contributed by atoms with van der Waals surface area (Å²) in [6.07, 6.45) is 1.04. The lowest BCUT2D eigenvalue weighted by Crippen LogP contribution is -2.47. The van der Waals surface area contributed by atoms with E-state index in [9.17, 15) is 4.79 Å². The second-order valence-corrected chi connectivity index (χ2v) is 13.7. The van der Waals surface area contributed by atoms with Gasteiger partial charge in [0.1, 0.15) is 17.2 Å². The van der Waals surface area contributed by atoms with Gasteiger partial charge in [0.2, 0.25) is 0 Å². The Labute approximate surface area is 252 Å². The molecule has 6 nitrogen and oxygen atoms in total. The van der Waals surface area contributed by atoms with Gasteiger partial charge >= 0.3 is 5.97 Å². The van der Waals surface area contributed by atoms with Crippen LogP contribution >= 0.6 is 0 Å². The molecule has 0 unspecified atom stereocenters. The average molecular weight is 573 g/mol. The van der Waals surface area contributed by atoms with Crippen LogP contribution in [0, 0.1) is 5.92 Å². The fourth-order valence-corrected chi connectivity index (χ4v) is 5.87. The summed E-state index contributed by atoms with van der Waals surface area (Å²) in [7, 11) is 5.55. The Morgan fingerprint density at radius 3 is 1.95 bits per heavy atom. The van der Waals surface area contributed by atoms with Crippen LogP contribution in [0.2, 0.25) is 0 Å². The number of methoxy groups -OCH3 is 2. The molecule has 6 heteroatoms. The van der Waals surface area contributed by atoms with Gasteiger partial charge in [-0.15, -0.1) is 0 Å². The van der Waals surface area contributed by atoms with Gasteiger partial charge in [0.25, 0.3) is 0 Å². The number of esters is 1. The molecule has 42 heavy (non-hydrogen) atoms. The standard InChI is InChI=1S/C36H48N2O4/c1-24-23-37(8)19-18-32(24)38(27-12-11-13-28(20-27)40-9)26-16-14-25(15-17-26)34(39)42-33-30(35(2,3)4)21-29(41-10)22-31(33)36(5,6)7/h11-17,20-22,24,32H,18-19,23H2,1-10H3/t24-,32+/m0/s1. The van der Waals surface area contributed by atoms with Crippen LogP contribution in [0.3, 0.4) is 0 Å². The molecule has 0 radical (unpaired) electrons. The number of likely N-dealkylation sites (tertiary alicyclic amines) is 1. The quantitative estimate of drug-likeness (QED) is 0.211. The maximum Gasteiger partial charge on any atom is 0.343 e. The van der Waals surface area contributed by atoms with Crippen LogP contribution in [0.1, 0.15) is 76.4 Å². The SMILES string of the molecule is COc1cccc(N(c2ccc(C(=O)Oc3c(C(C)(C)C)cc(OC)cc3C(C)(C)C)cc2)[C@@H]2CCN(C)C[C@@H]2C)c1. The Bertz CT molecular complexity index is 1350. The number of nitrogens with zero attached hydrogens (tertiary/aromatic N) is 2. The summed E-state index contributed by atoms with van der Waals surface area (Å²) in [5, 5.41) is 0. The topological polar surface area (TPSA) is 51.2 Å². The molecule has 0 aliphatic carbocycles. The van der Waals surface area contributed by atoms with E-state index in [1.54, 1.807) is 14.2 Å². The lowest BCUT2D eigenvalue weighted by molar-refractivity contribution is 0.0728. The summed E-state index contributed by atoms with van der Waals surface area (Å²) in [5.41, 5.74) is 4.00. The van der Waals surface area contributed by atoms with Crippen molar-refractivity contribution in [3.63, 3.8) is 0 Å². The van der Waals surface area contributed by atoms with E-state index in [0.717, 1.165) is 53.5 Å².